The molecule has 0 atom stereocenters. The smallest absolute Gasteiger partial charge is 0.409 e. The average molecular weight is 190 g/mol. The van der Waals surface area contributed by atoms with Crippen LogP contribution in [0.15, 0.2) is 18.2 Å². The van der Waals surface area contributed by atoms with Crippen molar-refractivity contribution in [3.63, 3.8) is 0 Å². The summed E-state index contributed by atoms with van der Waals surface area (Å²) in [5.41, 5.74) is 6.27. The van der Waals surface area contributed by atoms with Crippen molar-refractivity contribution < 1.29 is 9.53 Å². The van der Waals surface area contributed by atoms with Crippen molar-refractivity contribution in [2.24, 2.45) is 5.73 Å². The van der Waals surface area contributed by atoms with Crippen LogP contribution in [0.2, 0.25) is 0 Å². The number of primary amides is 1. The number of aryl methyl sites for hydroxylation is 1. The van der Waals surface area contributed by atoms with Crippen molar-refractivity contribution in [2.75, 3.05) is 0 Å². The maximum absolute atomic E-state index is 10.4. The molecule has 0 unspecified atom stereocenters. The highest BCUT2D eigenvalue weighted by atomic mass is 16.5. The fourth-order valence-electron chi connectivity index (χ4n) is 1.15. The number of amides is 1. The van der Waals surface area contributed by atoms with Crippen molar-refractivity contribution >= 4 is 6.09 Å². The van der Waals surface area contributed by atoms with Crippen molar-refractivity contribution in [3.05, 3.63) is 29.3 Å². The number of nitrogens with two attached hydrogens (primary N) is 1. The summed E-state index contributed by atoms with van der Waals surface area (Å²) in [6, 6.07) is 6.89. The largest absolute Gasteiger partial charge is 0.410 e. The van der Waals surface area contributed by atoms with Gasteiger partial charge in [-0.15, -0.1) is 0 Å². The van der Waals surface area contributed by atoms with Crippen molar-refractivity contribution in [2.45, 2.75) is 13.3 Å². The van der Waals surface area contributed by atoms with Gasteiger partial charge in [0.1, 0.15) is 5.75 Å². The van der Waals surface area contributed by atoms with E-state index in [2.05, 4.69) is 4.74 Å². The summed E-state index contributed by atoms with van der Waals surface area (Å²) in [5, 5.41) is 8.79. The van der Waals surface area contributed by atoms with E-state index < -0.39 is 6.09 Å². The molecule has 0 bridgehead atoms. The molecule has 72 valence electrons. The summed E-state index contributed by atoms with van der Waals surface area (Å²) >= 11 is 0. The lowest BCUT2D eigenvalue weighted by Crippen LogP contribution is -2.16. The monoisotopic (exact) mass is 190 g/mol. The van der Waals surface area contributed by atoms with Crippen LogP contribution in [0, 0.1) is 11.3 Å². The molecule has 0 spiro atoms. The summed E-state index contributed by atoms with van der Waals surface area (Å²) in [4.78, 5) is 10.4. The number of benzene rings is 1. The van der Waals surface area contributed by atoms with E-state index in [1.165, 1.54) is 6.07 Å². The summed E-state index contributed by atoms with van der Waals surface area (Å²) in [6.45, 7) is 1.95. The van der Waals surface area contributed by atoms with Crippen molar-refractivity contribution in [1.29, 1.82) is 5.26 Å². The van der Waals surface area contributed by atoms with E-state index in [0.29, 0.717) is 11.3 Å². The number of carbonyl (C=O) groups is 1. The Morgan fingerprint density at radius 3 is 2.86 bits per heavy atom. The summed E-state index contributed by atoms with van der Waals surface area (Å²) in [5.74, 6) is 0.297. The molecule has 0 aromatic heterocycles. The van der Waals surface area contributed by atoms with Crippen LogP contribution in [-0.2, 0) is 6.42 Å². The molecule has 1 aromatic carbocycles. The van der Waals surface area contributed by atoms with Gasteiger partial charge >= 0.3 is 6.09 Å². The lowest BCUT2D eigenvalue weighted by molar-refractivity contribution is 0.211. The number of hydrogen-bond acceptors (Lipinski definition) is 3. The molecule has 0 aliphatic carbocycles. The molecule has 1 aromatic rings. The van der Waals surface area contributed by atoms with E-state index in [9.17, 15) is 4.79 Å². The Balaban J connectivity index is 3.03. The fourth-order valence-corrected chi connectivity index (χ4v) is 1.15. The molecule has 2 N–H and O–H groups in total. The van der Waals surface area contributed by atoms with Gasteiger partial charge in [-0.1, -0.05) is 13.0 Å². The van der Waals surface area contributed by atoms with Crippen LogP contribution >= 0.6 is 0 Å². The van der Waals surface area contributed by atoms with E-state index in [0.717, 1.165) is 12.0 Å². The van der Waals surface area contributed by atoms with Crippen LogP contribution < -0.4 is 10.5 Å². The van der Waals surface area contributed by atoms with Gasteiger partial charge in [-0.25, -0.2) is 4.79 Å². The molecule has 0 heterocycles. The molecule has 4 heteroatoms. The van der Waals surface area contributed by atoms with Crippen LogP contribution in [0.25, 0.3) is 0 Å². The first-order valence-electron chi connectivity index (χ1n) is 4.17. The number of rotatable bonds is 2. The van der Waals surface area contributed by atoms with Gasteiger partial charge in [-0.3, -0.25) is 0 Å². The molecule has 1 rings (SSSR count). The maximum Gasteiger partial charge on any atom is 0.409 e. The van der Waals surface area contributed by atoms with Crippen LogP contribution in [0.1, 0.15) is 18.1 Å². The zero-order chi connectivity index (χ0) is 10.6. The van der Waals surface area contributed by atoms with E-state index in [4.69, 9.17) is 11.0 Å². The second-order valence-corrected chi connectivity index (χ2v) is 2.71. The van der Waals surface area contributed by atoms with Crippen LogP contribution in [0.3, 0.4) is 0 Å². The molecule has 1 amide bonds. The average Bonchev–Trinajstić information content (AvgIpc) is 2.16. The molecule has 0 fully saturated rings. The van der Waals surface area contributed by atoms with Crippen LogP contribution in [0.5, 0.6) is 5.75 Å². The molecule has 0 aliphatic rings. The molecule has 0 saturated carbocycles. The number of hydrogen-bond donors (Lipinski definition) is 1. The minimum absolute atomic E-state index is 0.297. The first kappa shape index (κ1) is 10.1. The Bertz CT molecular complexity index is 394. The molecule has 14 heavy (non-hydrogen) atoms. The zero-order valence-corrected chi connectivity index (χ0v) is 7.78. The predicted octanol–water partition coefficient (Wildman–Crippen LogP) is 1.58. The third kappa shape index (κ3) is 2.23. The topological polar surface area (TPSA) is 76.1 Å². The second-order valence-electron chi connectivity index (χ2n) is 2.71. The van der Waals surface area contributed by atoms with Crippen molar-refractivity contribution in [1.82, 2.24) is 0 Å². The van der Waals surface area contributed by atoms with Crippen LogP contribution in [-0.4, -0.2) is 6.09 Å². The van der Waals surface area contributed by atoms with Gasteiger partial charge in [0.2, 0.25) is 0 Å². The van der Waals surface area contributed by atoms with E-state index >= 15 is 0 Å². The number of nitriles is 1. The maximum atomic E-state index is 10.4. The Kier molecular flexibility index (Phi) is 3.08. The summed E-state index contributed by atoms with van der Waals surface area (Å²) < 4.78 is 4.64. The lowest BCUT2D eigenvalue weighted by Gasteiger charge is -2.03. The Morgan fingerprint density at radius 1 is 1.64 bits per heavy atom. The molecule has 4 nitrogen and oxygen atoms in total. The lowest BCUT2D eigenvalue weighted by atomic mass is 10.1. The quantitative estimate of drug-likeness (QED) is 0.769. The minimum atomic E-state index is -0.877. The molecule has 0 aliphatic heterocycles. The molecule has 0 saturated heterocycles. The molecular weight excluding hydrogens is 180 g/mol. The normalized spacial score (nSPS) is 9.14. The van der Waals surface area contributed by atoms with Gasteiger partial charge in [0, 0.05) is 0 Å². The highest BCUT2D eigenvalue weighted by Gasteiger charge is 2.04. The van der Waals surface area contributed by atoms with Gasteiger partial charge in [-0.05, 0) is 24.1 Å². The summed E-state index contributed by atoms with van der Waals surface area (Å²) in [7, 11) is 0. The fraction of sp³-hybridized carbons (Fsp3) is 0.200. The third-order valence-corrected chi connectivity index (χ3v) is 1.80. The van der Waals surface area contributed by atoms with Gasteiger partial charge in [0.25, 0.3) is 0 Å². The SMILES string of the molecule is CCc1ccc(OC(N)=O)cc1C#N. The Hall–Kier alpha value is -2.02. The first-order valence-corrected chi connectivity index (χ1v) is 4.17. The highest BCUT2D eigenvalue weighted by Crippen LogP contribution is 2.17. The van der Waals surface area contributed by atoms with E-state index in [1.54, 1.807) is 12.1 Å². The van der Waals surface area contributed by atoms with E-state index in [-0.39, 0.29) is 0 Å². The number of nitrogens with zero attached hydrogens (tertiary/aromatic N) is 1. The third-order valence-electron chi connectivity index (χ3n) is 1.80. The molecule has 0 radical (unpaired) electrons. The van der Waals surface area contributed by atoms with Crippen LogP contribution in [0.4, 0.5) is 4.79 Å². The Morgan fingerprint density at radius 2 is 2.36 bits per heavy atom. The van der Waals surface area contributed by atoms with Crippen molar-refractivity contribution in [3.8, 4) is 11.8 Å². The van der Waals surface area contributed by atoms with Gasteiger partial charge in [0.15, 0.2) is 0 Å². The van der Waals surface area contributed by atoms with Gasteiger partial charge in [-0.2, -0.15) is 5.26 Å². The number of ether oxygens (including phenoxy) is 1. The number of carbonyl (C=O) groups excluding carboxylic acids is 1. The highest BCUT2D eigenvalue weighted by molar-refractivity contribution is 5.68. The van der Waals surface area contributed by atoms with E-state index in [1.807, 2.05) is 13.0 Å². The second kappa shape index (κ2) is 4.28. The van der Waals surface area contributed by atoms with Gasteiger partial charge in [0.05, 0.1) is 11.6 Å². The van der Waals surface area contributed by atoms with Gasteiger partial charge < -0.3 is 10.5 Å². The zero-order valence-electron chi connectivity index (χ0n) is 7.78. The standard InChI is InChI=1S/C10H10N2O2/c1-2-7-3-4-9(14-10(12)13)5-8(7)6-11/h3-5H,2H2,1H3,(H2,12,13). The summed E-state index contributed by atoms with van der Waals surface area (Å²) in [6.07, 6.45) is -0.113. The Labute approximate surface area is 81.9 Å². The minimum Gasteiger partial charge on any atom is -0.410 e. The first-order chi connectivity index (χ1) is 6.67. The predicted molar refractivity (Wildman–Crippen MR) is 50.7 cm³/mol. The molecular formula is C10H10N2O2.